The van der Waals surface area contributed by atoms with Crippen molar-refractivity contribution in [1.29, 1.82) is 0 Å². The molecule has 1 atom stereocenters. The molecule has 0 saturated carbocycles. The van der Waals surface area contributed by atoms with Crippen LogP contribution in [-0.4, -0.2) is 24.5 Å². The van der Waals surface area contributed by atoms with E-state index in [1.165, 1.54) is 0 Å². The van der Waals surface area contributed by atoms with Crippen LogP contribution in [0.25, 0.3) is 0 Å². The van der Waals surface area contributed by atoms with E-state index in [1.54, 1.807) is 0 Å². The molecule has 1 aromatic rings. The highest BCUT2D eigenvalue weighted by Gasteiger charge is 2.41. The molecular weight excluding hydrogens is 262 g/mol. The van der Waals surface area contributed by atoms with Gasteiger partial charge in [-0.1, -0.05) is 37.3 Å². The Labute approximate surface area is 121 Å². The van der Waals surface area contributed by atoms with E-state index in [2.05, 4.69) is 4.90 Å². The van der Waals surface area contributed by atoms with Crippen LogP contribution in [0.1, 0.15) is 38.2 Å². The number of carbonyl (C=O) groups is 1. The summed E-state index contributed by atoms with van der Waals surface area (Å²) >= 11 is 0. The van der Waals surface area contributed by atoms with Gasteiger partial charge in [-0.2, -0.15) is 0 Å². The van der Waals surface area contributed by atoms with E-state index < -0.39 is 5.72 Å². The Kier molecular flexibility index (Phi) is 5.83. The van der Waals surface area contributed by atoms with Crippen molar-refractivity contribution >= 4 is 18.4 Å². The summed E-state index contributed by atoms with van der Waals surface area (Å²) in [6.07, 6.45) is 3.55. The molecule has 0 radical (unpaired) electrons. The third-order valence-electron chi connectivity index (χ3n) is 3.67. The Morgan fingerprint density at radius 1 is 1.32 bits per heavy atom. The number of hydrogen-bond donors (Lipinski definition) is 0. The second-order valence-corrected chi connectivity index (χ2v) is 4.86. The lowest BCUT2D eigenvalue weighted by Crippen LogP contribution is -2.50. The maximum atomic E-state index is 11.8. The van der Waals surface area contributed by atoms with E-state index in [9.17, 15) is 4.79 Å². The van der Waals surface area contributed by atoms with E-state index in [1.807, 2.05) is 44.3 Å². The zero-order valence-electron chi connectivity index (χ0n) is 11.6. The van der Waals surface area contributed by atoms with Gasteiger partial charge in [0.2, 0.25) is 0 Å². The summed E-state index contributed by atoms with van der Waals surface area (Å²) in [5, 5.41) is 0. The maximum absolute atomic E-state index is 11.8. The first-order valence-corrected chi connectivity index (χ1v) is 6.67. The van der Waals surface area contributed by atoms with Crippen LogP contribution in [0, 0.1) is 0 Å². The highest BCUT2D eigenvalue weighted by molar-refractivity contribution is 5.85. The highest BCUT2D eigenvalue weighted by atomic mass is 35.5. The topological polar surface area (TPSA) is 29.5 Å². The first-order valence-electron chi connectivity index (χ1n) is 6.67. The number of nitrogens with zero attached hydrogens (tertiary/aromatic N) is 1. The summed E-state index contributed by atoms with van der Waals surface area (Å²) in [5.41, 5.74) is 0.515. The summed E-state index contributed by atoms with van der Waals surface area (Å²) < 4.78 is 5.81. The van der Waals surface area contributed by atoms with E-state index in [-0.39, 0.29) is 18.4 Å². The van der Waals surface area contributed by atoms with Crippen LogP contribution in [0.2, 0.25) is 0 Å². The summed E-state index contributed by atoms with van der Waals surface area (Å²) in [6, 6.07) is 10.1. The van der Waals surface area contributed by atoms with E-state index >= 15 is 0 Å². The molecular formula is C15H22ClNO2. The zero-order chi connectivity index (χ0) is 13.0. The van der Waals surface area contributed by atoms with Crippen molar-refractivity contribution in [3.05, 3.63) is 35.9 Å². The molecule has 0 aliphatic carbocycles. The predicted octanol–water partition coefficient (Wildman–Crippen LogP) is 3.33. The summed E-state index contributed by atoms with van der Waals surface area (Å²) in [5.74, 6) is -0.132. The van der Waals surface area contributed by atoms with Gasteiger partial charge in [0.15, 0.2) is 5.72 Å². The number of halogens is 1. The quantitative estimate of drug-likeness (QED) is 0.797. The largest absolute Gasteiger partial charge is 0.439 e. The van der Waals surface area contributed by atoms with Gasteiger partial charge in [-0.05, 0) is 19.9 Å². The Balaban J connectivity index is 0.00000180. The molecule has 1 aliphatic heterocycles. The molecule has 0 spiro atoms. The molecule has 0 aromatic heterocycles. The third-order valence-corrected chi connectivity index (χ3v) is 3.67. The molecule has 0 bridgehead atoms. The van der Waals surface area contributed by atoms with Gasteiger partial charge in [0.1, 0.15) is 0 Å². The Bertz CT molecular complexity index is 410. The Morgan fingerprint density at radius 2 is 2.00 bits per heavy atom. The Hall–Kier alpha value is -1.06. The first-order chi connectivity index (χ1) is 8.69. The summed E-state index contributed by atoms with van der Waals surface area (Å²) in [7, 11) is 2.04. The summed E-state index contributed by atoms with van der Waals surface area (Å²) in [4.78, 5) is 13.9. The molecule has 1 fully saturated rings. The normalized spacial score (nSPS) is 23.5. The number of esters is 1. The van der Waals surface area contributed by atoms with Gasteiger partial charge in [0.05, 0.1) is 0 Å². The van der Waals surface area contributed by atoms with Crippen LogP contribution in [0.3, 0.4) is 0 Å². The van der Waals surface area contributed by atoms with Crippen LogP contribution in [0.15, 0.2) is 30.3 Å². The monoisotopic (exact) mass is 283 g/mol. The fraction of sp³-hybridized carbons (Fsp3) is 0.533. The number of ether oxygens (including phenoxy) is 1. The number of rotatable bonds is 3. The van der Waals surface area contributed by atoms with Crippen molar-refractivity contribution in [3.63, 3.8) is 0 Å². The minimum Gasteiger partial charge on any atom is -0.439 e. The molecule has 1 aliphatic rings. The number of hydrogen-bond acceptors (Lipinski definition) is 3. The molecule has 1 heterocycles. The standard InChI is InChI=1S/C15H21NO2.ClH/c1-3-14(17)18-15(11-7-8-12-16(15)2)13-9-5-4-6-10-13;/h4-6,9-10H,3,7-8,11-12H2,1-2H3;1H. The van der Waals surface area contributed by atoms with Crippen molar-refractivity contribution in [2.45, 2.75) is 38.3 Å². The second-order valence-electron chi connectivity index (χ2n) is 4.86. The lowest BCUT2D eigenvalue weighted by atomic mass is 9.91. The molecule has 19 heavy (non-hydrogen) atoms. The van der Waals surface area contributed by atoms with Crippen molar-refractivity contribution < 1.29 is 9.53 Å². The average molecular weight is 284 g/mol. The van der Waals surface area contributed by atoms with Crippen LogP contribution < -0.4 is 0 Å². The first kappa shape index (κ1) is 16.0. The van der Waals surface area contributed by atoms with Crippen molar-refractivity contribution in [2.24, 2.45) is 0 Å². The summed E-state index contributed by atoms with van der Waals surface area (Å²) in [6.45, 7) is 2.80. The van der Waals surface area contributed by atoms with Crippen molar-refractivity contribution in [2.75, 3.05) is 13.6 Å². The van der Waals surface area contributed by atoms with E-state index in [4.69, 9.17) is 4.74 Å². The fourth-order valence-electron chi connectivity index (χ4n) is 2.60. The van der Waals surface area contributed by atoms with Gasteiger partial charge < -0.3 is 4.74 Å². The molecule has 4 heteroatoms. The molecule has 0 amide bonds. The average Bonchev–Trinajstić information content (AvgIpc) is 2.42. The lowest BCUT2D eigenvalue weighted by molar-refractivity contribution is -0.194. The van der Waals surface area contributed by atoms with Crippen LogP contribution in [-0.2, 0) is 15.3 Å². The minimum atomic E-state index is -0.563. The zero-order valence-corrected chi connectivity index (χ0v) is 12.4. The van der Waals surface area contributed by atoms with Gasteiger partial charge in [-0.15, -0.1) is 12.4 Å². The highest BCUT2D eigenvalue weighted by Crippen LogP contribution is 2.38. The number of carbonyl (C=O) groups excluding carboxylic acids is 1. The third kappa shape index (κ3) is 3.28. The number of likely N-dealkylation sites (tertiary alicyclic amines) is 1. The lowest BCUT2D eigenvalue weighted by Gasteiger charge is -2.44. The molecule has 0 N–H and O–H groups in total. The molecule has 3 nitrogen and oxygen atoms in total. The van der Waals surface area contributed by atoms with Crippen LogP contribution in [0.5, 0.6) is 0 Å². The van der Waals surface area contributed by atoms with Crippen molar-refractivity contribution in [3.8, 4) is 0 Å². The van der Waals surface area contributed by atoms with Crippen LogP contribution in [0.4, 0.5) is 0 Å². The minimum absolute atomic E-state index is 0. The smallest absolute Gasteiger partial charge is 0.307 e. The van der Waals surface area contributed by atoms with Gasteiger partial charge in [-0.3, -0.25) is 9.69 Å². The van der Waals surface area contributed by atoms with Crippen LogP contribution >= 0.6 is 12.4 Å². The Morgan fingerprint density at radius 3 is 2.58 bits per heavy atom. The molecule has 2 rings (SSSR count). The van der Waals surface area contributed by atoms with Gasteiger partial charge in [-0.25, -0.2) is 0 Å². The predicted molar refractivity (Wildman–Crippen MR) is 78.2 cm³/mol. The van der Waals surface area contributed by atoms with Gasteiger partial charge in [0.25, 0.3) is 0 Å². The van der Waals surface area contributed by atoms with E-state index in [0.29, 0.717) is 6.42 Å². The maximum Gasteiger partial charge on any atom is 0.307 e. The second kappa shape index (κ2) is 6.92. The number of piperidine rings is 1. The molecule has 106 valence electrons. The van der Waals surface area contributed by atoms with Gasteiger partial charge >= 0.3 is 5.97 Å². The van der Waals surface area contributed by atoms with E-state index in [0.717, 1.165) is 31.4 Å². The number of benzene rings is 1. The molecule has 1 aromatic carbocycles. The SMILES string of the molecule is CCC(=O)OC1(c2ccccc2)CCCCN1C.Cl. The van der Waals surface area contributed by atoms with Gasteiger partial charge in [0, 0.05) is 24.9 Å². The molecule has 1 saturated heterocycles. The molecule has 1 unspecified atom stereocenters. The fourth-order valence-corrected chi connectivity index (χ4v) is 2.60. The van der Waals surface area contributed by atoms with Crippen molar-refractivity contribution in [1.82, 2.24) is 4.90 Å².